The normalized spacial score (nSPS) is 10.8. The van der Waals surface area contributed by atoms with Gasteiger partial charge in [0.1, 0.15) is 5.75 Å². The number of hydrogen-bond donors (Lipinski definition) is 0. The quantitative estimate of drug-likeness (QED) is 0.592. The molecule has 0 spiro atoms. The van der Waals surface area contributed by atoms with Crippen LogP contribution in [-0.4, -0.2) is 13.2 Å². The largest absolute Gasteiger partial charge is 0.496 e. The molecule has 0 saturated carbocycles. The highest BCUT2D eigenvalue weighted by molar-refractivity contribution is 5.40. The molecule has 0 aliphatic rings. The molecule has 0 atom stereocenters. The number of carbonyl (C=O) groups excluding carboxylic acids is 1. The minimum atomic E-state index is 0.236. The number of nitrogens with zero attached hydrogens (tertiary/aromatic N) is 1. The van der Waals surface area contributed by atoms with Gasteiger partial charge in [0.05, 0.1) is 13.7 Å². The molecule has 1 rings (SSSR count). The molecule has 1 aromatic carbocycles. The summed E-state index contributed by atoms with van der Waals surface area (Å²) in [6.45, 7) is 6.91. The molecule has 3 heteroatoms. The van der Waals surface area contributed by atoms with E-state index < -0.39 is 0 Å². The van der Waals surface area contributed by atoms with Gasteiger partial charge in [-0.1, -0.05) is 32.9 Å². The summed E-state index contributed by atoms with van der Waals surface area (Å²) in [5.74, 6) is 0.765. The first kappa shape index (κ1) is 13.5. The molecule has 1 aromatic rings. The zero-order valence-corrected chi connectivity index (χ0v) is 10.9. The molecular formula is C14H19NO2. The maximum Gasteiger partial charge on any atom is 0.235 e. The summed E-state index contributed by atoms with van der Waals surface area (Å²) < 4.78 is 5.24. The number of benzene rings is 1. The summed E-state index contributed by atoms with van der Waals surface area (Å²) in [6, 6.07) is 6.03. The summed E-state index contributed by atoms with van der Waals surface area (Å²) in [7, 11) is 1.62. The molecule has 0 N–H and O–H groups in total. The predicted molar refractivity (Wildman–Crippen MR) is 68.0 cm³/mol. The highest BCUT2D eigenvalue weighted by Gasteiger charge is 2.12. The molecule has 0 aliphatic heterocycles. The highest BCUT2D eigenvalue weighted by atomic mass is 16.5. The molecular weight excluding hydrogens is 214 g/mol. The van der Waals surface area contributed by atoms with Gasteiger partial charge in [0.25, 0.3) is 0 Å². The van der Waals surface area contributed by atoms with Gasteiger partial charge >= 0.3 is 0 Å². The smallest absolute Gasteiger partial charge is 0.235 e. The van der Waals surface area contributed by atoms with Crippen molar-refractivity contribution in [3.8, 4) is 5.75 Å². The van der Waals surface area contributed by atoms with Crippen molar-refractivity contribution in [3.63, 3.8) is 0 Å². The van der Waals surface area contributed by atoms with Crippen LogP contribution in [0, 0.1) is 5.41 Å². The second-order valence-electron chi connectivity index (χ2n) is 5.29. The Kier molecular flexibility index (Phi) is 4.47. The van der Waals surface area contributed by atoms with Crippen LogP contribution < -0.4 is 4.74 Å². The van der Waals surface area contributed by atoms with Crippen molar-refractivity contribution in [2.45, 2.75) is 33.7 Å². The molecule has 0 radical (unpaired) electrons. The first-order valence-corrected chi connectivity index (χ1v) is 5.66. The van der Waals surface area contributed by atoms with E-state index in [4.69, 9.17) is 4.74 Å². The minimum Gasteiger partial charge on any atom is -0.496 e. The highest BCUT2D eigenvalue weighted by Crippen LogP contribution is 2.25. The number of methoxy groups -OCH3 is 1. The Morgan fingerprint density at radius 1 is 1.35 bits per heavy atom. The maximum absolute atomic E-state index is 10.2. The van der Waals surface area contributed by atoms with Crippen LogP contribution in [0.25, 0.3) is 0 Å². The lowest BCUT2D eigenvalue weighted by Crippen LogP contribution is -2.09. The lowest BCUT2D eigenvalue weighted by Gasteiger charge is -2.19. The van der Waals surface area contributed by atoms with Crippen molar-refractivity contribution in [2.75, 3.05) is 7.11 Å². The molecule has 0 aromatic heterocycles. The van der Waals surface area contributed by atoms with Crippen molar-refractivity contribution in [1.82, 2.24) is 0 Å². The first-order valence-electron chi connectivity index (χ1n) is 5.66. The van der Waals surface area contributed by atoms with Gasteiger partial charge in [-0.2, -0.15) is 0 Å². The van der Waals surface area contributed by atoms with Gasteiger partial charge in [-0.15, -0.1) is 0 Å². The molecule has 17 heavy (non-hydrogen) atoms. The van der Waals surface area contributed by atoms with E-state index >= 15 is 0 Å². The summed E-state index contributed by atoms with van der Waals surface area (Å²) in [5.41, 5.74) is 2.40. The number of isocyanates is 1. The Hall–Kier alpha value is -1.60. The third-order valence-corrected chi connectivity index (χ3v) is 2.39. The third-order valence-electron chi connectivity index (χ3n) is 2.39. The Balaban J connectivity index is 2.99. The Bertz CT molecular complexity index is 426. The Labute approximate surface area is 103 Å². The topological polar surface area (TPSA) is 38.7 Å². The Morgan fingerprint density at radius 2 is 2.06 bits per heavy atom. The third kappa shape index (κ3) is 4.41. The van der Waals surface area contributed by atoms with Gasteiger partial charge < -0.3 is 4.74 Å². The molecule has 0 unspecified atom stereocenters. The zero-order valence-electron chi connectivity index (χ0n) is 10.9. The maximum atomic E-state index is 10.2. The number of ether oxygens (including phenoxy) is 1. The van der Waals surface area contributed by atoms with Crippen LogP contribution in [0.5, 0.6) is 5.75 Å². The van der Waals surface area contributed by atoms with Crippen LogP contribution in [0.3, 0.4) is 0 Å². The number of aliphatic imine (C=N–C) groups is 1. The van der Waals surface area contributed by atoms with Gasteiger partial charge in [0.2, 0.25) is 6.08 Å². The standard InChI is InChI=1S/C14H19NO2/c1-14(2,3)8-11-5-6-13(17-4)12(7-11)9-15-10-16/h5-7H,8-9H2,1-4H3. The fourth-order valence-corrected chi connectivity index (χ4v) is 1.80. The zero-order chi connectivity index (χ0) is 12.9. The van der Waals surface area contributed by atoms with Crippen molar-refractivity contribution >= 4 is 6.08 Å². The molecule has 0 saturated heterocycles. The first-order chi connectivity index (χ1) is 7.96. The molecule has 0 bridgehead atoms. The monoisotopic (exact) mass is 233 g/mol. The number of rotatable bonds is 4. The number of hydrogen-bond acceptors (Lipinski definition) is 3. The van der Waals surface area contributed by atoms with E-state index in [0.717, 1.165) is 17.7 Å². The van der Waals surface area contributed by atoms with E-state index in [0.29, 0.717) is 6.54 Å². The van der Waals surface area contributed by atoms with Gasteiger partial charge in [-0.25, -0.2) is 9.79 Å². The van der Waals surface area contributed by atoms with Crippen LogP contribution in [0.1, 0.15) is 31.9 Å². The fraction of sp³-hybridized carbons (Fsp3) is 0.500. The molecule has 0 heterocycles. The summed E-state index contributed by atoms with van der Waals surface area (Å²) in [5, 5.41) is 0. The van der Waals surface area contributed by atoms with Crippen molar-refractivity contribution in [3.05, 3.63) is 29.3 Å². The second-order valence-corrected chi connectivity index (χ2v) is 5.29. The van der Waals surface area contributed by atoms with Gasteiger partial charge in [0.15, 0.2) is 0 Å². The van der Waals surface area contributed by atoms with E-state index in [2.05, 4.69) is 31.8 Å². The summed E-state index contributed by atoms with van der Waals surface area (Å²) in [4.78, 5) is 13.8. The minimum absolute atomic E-state index is 0.236. The van der Waals surface area contributed by atoms with E-state index in [1.807, 2.05) is 12.1 Å². The van der Waals surface area contributed by atoms with Crippen LogP contribution in [0.2, 0.25) is 0 Å². The molecule has 0 amide bonds. The van der Waals surface area contributed by atoms with Crippen LogP contribution in [0.15, 0.2) is 23.2 Å². The Morgan fingerprint density at radius 3 is 2.59 bits per heavy atom. The van der Waals surface area contributed by atoms with Crippen LogP contribution in [0.4, 0.5) is 0 Å². The molecule has 0 aliphatic carbocycles. The van der Waals surface area contributed by atoms with Gasteiger partial charge in [-0.05, 0) is 23.5 Å². The second kappa shape index (κ2) is 5.65. The van der Waals surface area contributed by atoms with Crippen LogP contribution >= 0.6 is 0 Å². The summed E-state index contributed by atoms with van der Waals surface area (Å²) in [6.07, 6.45) is 2.54. The predicted octanol–water partition coefficient (Wildman–Crippen LogP) is 3.12. The molecule has 92 valence electrons. The van der Waals surface area contributed by atoms with E-state index in [-0.39, 0.29) is 5.41 Å². The lowest BCUT2D eigenvalue weighted by atomic mass is 9.87. The van der Waals surface area contributed by atoms with Gasteiger partial charge in [-0.3, -0.25) is 0 Å². The molecule has 0 fully saturated rings. The van der Waals surface area contributed by atoms with Crippen molar-refractivity contribution in [1.29, 1.82) is 0 Å². The van der Waals surface area contributed by atoms with Crippen molar-refractivity contribution in [2.24, 2.45) is 10.4 Å². The summed E-state index contributed by atoms with van der Waals surface area (Å²) >= 11 is 0. The van der Waals surface area contributed by atoms with Crippen molar-refractivity contribution < 1.29 is 9.53 Å². The lowest BCUT2D eigenvalue weighted by molar-refractivity contribution is 0.403. The average Bonchev–Trinajstić information content (AvgIpc) is 2.24. The van der Waals surface area contributed by atoms with E-state index in [9.17, 15) is 4.79 Å². The fourth-order valence-electron chi connectivity index (χ4n) is 1.80. The van der Waals surface area contributed by atoms with Gasteiger partial charge in [0, 0.05) is 5.56 Å². The van der Waals surface area contributed by atoms with E-state index in [1.54, 1.807) is 13.2 Å². The SMILES string of the molecule is COc1ccc(CC(C)(C)C)cc1CN=C=O. The molecule has 3 nitrogen and oxygen atoms in total. The van der Waals surface area contributed by atoms with E-state index in [1.165, 1.54) is 5.56 Å². The average molecular weight is 233 g/mol. The van der Waals surface area contributed by atoms with Crippen LogP contribution in [-0.2, 0) is 17.8 Å².